The molecule has 0 aliphatic carbocycles. The molecule has 0 unspecified atom stereocenters. The van der Waals surface area contributed by atoms with Gasteiger partial charge in [0.05, 0.1) is 17.1 Å². The summed E-state index contributed by atoms with van der Waals surface area (Å²) in [5.74, 6) is 0.694. The molecular weight excluding hydrogens is 311 g/mol. The Labute approximate surface area is 140 Å². The normalized spacial score (nSPS) is 21.8. The maximum absolute atomic E-state index is 14.2. The van der Waals surface area contributed by atoms with Crippen molar-refractivity contribution in [1.29, 1.82) is 0 Å². The second kappa shape index (κ2) is 6.30. The van der Waals surface area contributed by atoms with E-state index in [2.05, 4.69) is 15.3 Å². The van der Waals surface area contributed by atoms with E-state index in [1.54, 1.807) is 20.8 Å². The molecular formula is C17H23FN4O2. The lowest BCUT2D eigenvalue weighted by Gasteiger charge is -2.35. The van der Waals surface area contributed by atoms with E-state index >= 15 is 0 Å². The van der Waals surface area contributed by atoms with Gasteiger partial charge in [0.15, 0.2) is 0 Å². The third-order valence-corrected chi connectivity index (χ3v) is 3.91. The van der Waals surface area contributed by atoms with Crippen LogP contribution in [0.25, 0.3) is 11.0 Å². The first kappa shape index (κ1) is 16.5. The first-order chi connectivity index (χ1) is 11.3. The Balaban J connectivity index is 1.69. The van der Waals surface area contributed by atoms with Crippen molar-refractivity contribution in [3.8, 4) is 0 Å². The van der Waals surface area contributed by atoms with Crippen LogP contribution in [0.1, 0.15) is 27.2 Å². The van der Waals surface area contributed by atoms with Crippen molar-refractivity contribution in [1.82, 2.24) is 15.3 Å². The van der Waals surface area contributed by atoms with E-state index in [-0.39, 0.29) is 0 Å². The number of alkyl carbamates (subject to hydrolysis) is 1. The highest BCUT2D eigenvalue weighted by Gasteiger charge is 2.32. The molecule has 1 aromatic heterocycles. The third-order valence-electron chi connectivity index (χ3n) is 3.91. The molecule has 1 amide bonds. The Morgan fingerprint density at radius 3 is 2.88 bits per heavy atom. The number of imidazole rings is 1. The van der Waals surface area contributed by atoms with Crippen LogP contribution in [0.15, 0.2) is 24.3 Å². The molecule has 1 saturated heterocycles. The van der Waals surface area contributed by atoms with Gasteiger partial charge in [0.2, 0.25) is 5.95 Å². The molecule has 0 bridgehead atoms. The zero-order valence-electron chi connectivity index (χ0n) is 14.2. The highest BCUT2D eigenvalue weighted by atomic mass is 19.1. The minimum atomic E-state index is -1.10. The predicted molar refractivity (Wildman–Crippen MR) is 91.0 cm³/mol. The third kappa shape index (κ3) is 3.77. The van der Waals surface area contributed by atoms with E-state index in [4.69, 9.17) is 4.74 Å². The maximum Gasteiger partial charge on any atom is 0.408 e. The van der Waals surface area contributed by atoms with Gasteiger partial charge in [-0.15, -0.1) is 0 Å². The number of anilines is 1. The van der Waals surface area contributed by atoms with Gasteiger partial charge in [-0.05, 0) is 39.3 Å². The fraction of sp³-hybridized carbons (Fsp3) is 0.529. The van der Waals surface area contributed by atoms with Crippen LogP contribution in [-0.2, 0) is 4.74 Å². The summed E-state index contributed by atoms with van der Waals surface area (Å²) in [6, 6.07) is 7.11. The molecule has 1 aromatic carbocycles. The number of fused-ring (bicyclic) bond motifs is 1. The van der Waals surface area contributed by atoms with Gasteiger partial charge in [0.1, 0.15) is 11.8 Å². The number of ether oxygens (including phenoxy) is 1. The number of nitrogens with zero attached hydrogens (tertiary/aromatic N) is 2. The number of H-pyrrole nitrogens is 1. The number of aromatic nitrogens is 2. The average Bonchev–Trinajstić information content (AvgIpc) is 2.91. The fourth-order valence-electron chi connectivity index (χ4n) is 2.80. The largest absolute Gasteiger partial charge is 0.444 e. The SMILES string of the molecule is CC(C)(C)OC(=O)N[C@@H]1CN(c2nc3ccccc3[nH]2)CC[C@H]1F. The second-order valence-corrected chi connectivity index (χ2v) is 7.08. The molecule has 0 spiro atoms. The lowest BCUT2D eigenvalue weighted by molar-refractivity contribution is 0.0465. The van der Waals surface area contributed by atoms with E-state index in [9.17, 15) is 9.18 Å². The van der Waals surface area contributed by atoms with E-state index in [1.807, 2.05) is 29.2 Å². The molecule has 0 radical (unpaired) electrons. The minimum absolute atomic E-state index is 0.331. The van der Waals surface area contributed by atoms with Crippen LogP contribution in [0.4, 0.5) is 15.1 Å². The number of hydrogen-bond acceptors (Lipinski definition) is 4. The lowest BCUT2D eigenvalue weighted by Crippen LogP contribution is -2.54. The fourth-order valence-corrected chi connectivity index (χ4v) is 2.80. The van der Waals surface area contributed by atoms with Crippen LogP contribution in [0.3, 0.4) is 0 Å². The summed E-state index contributed by atoms with van der Waals surface area (Å²) in [6.07, 6.45) is -1.36. The van der Waals surface area contributed by atoms with E-state index in [0.717, 1.165) is 11.0 Å². The molecule has 130 valence electrons. The molecule has 1 aliphatic rings. The average molecular weight is 334 g/mol. The van der Waals surface area contributed by atoms with E-state index in [1.165, 1.54) is 0 Å². The Bertz CT molecular complexity index is 692. The Hall–Kier alpha value is -2.31. The van der Waals surface area contributed by atoms with Gasteiger partial charge in [0, 0.05) is 13.1 Å². The molecule has 2 aromatic rings. The first-order valence-electron chi connectivity index (χ1n) is 8.15. The summed E-state index contributed by atoms with van der Waals surface area (Å²) in [7, 11) is 0. The van der Waals surface area contributed by atoms with Gasteiger partial charge >= 0.3 is 6.09 Å². The molecule has 2 atom stereocenters. The smallest absolute Gasteiger partial charge is 0.408 e. The minimum Gasteiger partial charge on any atom is -0.444 e. The van der Waals surface area contributed by atoms with Gasteiger partial charge < -0.3 is 19.9 Å². The number of alkyl halides is 1. The Morgan fingerprint density at radius 2 is 2.17 bits per heavy atom. The standard InChI is InChI=1S/C17H23FN4O2/c1-17(2,3)24-16(23)21-14-10-22(9-8-11(14)18)15-19-12-6-4-5-7-13(12)20-15/h4-7,11,14H,8-10H2,1-3H3,(H,19,20)(H,21,23)/t11-,14-/m1/s1. The summed E-state index contributed by atoms with van der Waals surface area (Å²) in [4.78, 5) is 21.7. The summed E-state index contributed by atoms with van der Waals surface area (Å²) in [5, 5.41) is 2.64. The number of amides is 1. The predicted octanol–water partition coefficient (Wildman–Crippen LogP) is 3.00. The zero-order valence-corrected chi connectivity index (χ0v) is 14.2. The quantitative estimate of drug-likeness (QED) is 0.886. The molecule has 1 aliphatic heterocycles. The topological polar surface area (TPSA) is 70.2 Å². The highest BCUT2D eigenvalue weighted by molar-refractivity contribution is 5.77. The van der Waals surface area contributed by atoms with Crippen LogP contribution in [0.2, 0.25) is 0 Å². The number of hydrogen-bond donors (Lipinski definition) is 2. The molecule has 7 heteroatoms. The number of benzene rings is 1. The van der Waals surface area contributed by atoms with Crippen molar-refractivity contribution >= 4 is 23.1 Å². The summed E-state index contributed by atoms with van der Waals surface area (Å²) in [6.45, 7) is 6.23. The second-order valence-electron chi connectivity index (χ2n) is 7.08. The number of rotatable bonds is 2. The Morgan fingerprint density at radius 1 is 1.42 bits per heavy atom. The van der Waals surface area contributed by atoms with Crippen LogP contribution >= 0.6 is 0 Å². The van der Waals surface area contributed by atoms with E-state index < -0.39 is 23.9 Å². The Kier molecular flexibility index (Phi) is 4.34. The van der Waals surface area contributed by atoms with Crippen molar-refractivity contribution in [2.45, 2.75) is 45.0 Å². The molecule has 1 fully saturated rings. The highest BCUT2D eigenvalue weighted by Crippen LogP contribution is 2.22. The van der Waals surface area contributed by atoms with Crippen molar-refractivity contribution in [2.75, 3.05) is 18.0 Å². The van der Waals surface area contributed by atoms with Crippen LogP contribution in [-0.4, -0.2) is 47.0 Å². The lowest BCUT2D eigenvalue weighted by atomic mass is 10.0. The maximum atomic E-state index is 14.2. The number of nitrogens with one attached hydrogen (secondary N) is 2. The summed E-state index contributed by atoms with van der Waals surface area (Å²) in [5.41, 5.74) is 1.20. The van der Waals surface area contributed by atoms with Crippen LogP contribution in [0, 0.1) is 0 Å². The van der Waals surface area contributed by atoms with E-state index in [0.29, 0.717) is 25.5 Å². The van der Waals surface area contributed by atoms with Gasteiger partial charge in [-0.2, -0.15) is 0 Å². The summed E-state index contributed by atoms with van der Waals surface area (Å²) >= 11 is 0. The van der Waals surface area contributed by atoms with Crippen LogP contribution in [0.5, 0.6) is 0 Å². The number of carbonyl (C=O) groups is 1. The molecule has 2 heterocycles. The van der Waals surface area contributed by atoms with Crippen molar-refractivity contribution in [3.05, 3.63) is 24.3 Å². The summed E-state index contributed by atoms with van der Waals surface area (Å²) < 4.78 is 19.4. The van der Waals surface area contributed by atoms with Crippen molar-refractivity contribution in [3.63, 3.8) is 0 Å². The van der Waals surface area contributed by atoms with Gasteiger partial charge in [-0.3, -0.25) is 0 Å². The molecule has 0 saturated carbocycles. The molecule has 2 N–H and O–H groups in total. The number of aromatic amines is 1. The van der Waals surface area contributed by atoms with Crippen molar-refractivity contribution in [2.24, 2.45) is 0 Å². The van der Waals surface area contributed by atoms with Crippen LogP contribution < -0.4 is 10.2 Å². The molecule has 6 nitrogen and oxygen atoms in total. The van der Waals surface area contributed by atoms with Gasteiger partial charge in [-0.25, -0.2) is 14.2 Å². The van der Waals surface area contributed by atoms with Gasteiger partial charge in [-0.1, -0.05) is 12.1 Å². The number of carbonyl (C=O) groups excluding carboxylic acids is 1. The molecule has 3 rings (SSSR count). The number of para-hydroxylation sites is 2. The first-order valence-corrected chi connectivity index (χ1v) is 8.15. The monoisotopic (exact) mass is 334 g/mol. The number of halogens is 1. The molecule has 24 heavy (non-hydrogen) atoms. The number of piperidine rings is 1. The van der Waals surface area contributed by atoms with Crippen molar-refractivity contribution < 1.29 is 13.9 Å². The van der Waals surface area contributed by atoms with Gasteiger partial charge in [0.25, 0.3) is 0 Å². The zero-order chi connectivity index (χ0) is 17.3.